The maximum atomic E-state index is 12.8. The Morgan fingerprint density at radius 3 is 2.50 bits per heavy atom. The van der Waals surface area contributed by atoms with E-state index in [0.717, 1.165) is 22.4 Å². The normalized spacial score (nSPS) is 15.7. The highest BCUT2D eigenvalue weighted by Crippen LogP contribution is 2.33. The minimum Gasteiger partial charge on any atom is -0.326 e. The van der Waals surface area contributed by atoms with Crippen LogP contribution in [0.15, 0.2) is 54.7 Å². The second-order valence-corrected chi connectivity index (χ2v) is 6.88. The highest BCUT2D eigenvalue weighted by Gasteiger charge is 2.28. The second kappa shape index (κ2) is 7.56. The molecule has 2 aromatic rings. The molecule has 1 N–H and O–H groups in total. The van der Waals surface area contributed by atoms with Gasteiger partial charge in [0.2, 0.25) is 11.8 Å². The van der Waals surface area contributed by atoms with Gasteiger partial charge in [-0.15, -0.1) is 0 Å². The lowest BCUT2D eigenvalue weighted by Crippen LogP contribution is -2.33. The quantitative estimate of drug-likeness (QED) is 0.870. The summed E-state index contributed by atoms with van der Waals surface area (Å²) in [7, 11) is 0. The molecule has 26 heavy (non-hydrogen) atoms. The first-order chi connectivity index (χ1) is 12.5. The van der Waals surface area contributed by atoms with Gasteiger partial charge >= 0.3 is 0 Å². The zero-order valence-electron chi connectivity index (χ0n) is 15.4. The third kappa shape index (κ3) is 3.69. The van der Waals surface area contributed by atoms with Crippen molar-refractivity contribution in [2.45, 2.75) is 39.2 Å². The van der Waals surface area contributed by atoms with Crippen LogP contribution >= 0.6 is 0 Å². The topological polar surface area (TPSA) is 49.4 Å². The van der Waals surface area contributed by atoms with Crippen LogP contribution in [0.4, 0.5) is 5.69 Å². The summed E-state index contributed by atoms with van der Waals surface area (Å²) in [5, 5.41) is 3.03. The van der Waals surface area contributed by atoms with E-state index in [4.69, 9.17) is 0 Å². The number of carbonyl (C=O) groups excluding carboxylic acids is 2. The lowest BCUT2D eigenvalue weighted by molar-refractivity contribution is -0.129. The van der Waals surface area contributed by atoms with Crippen LogP contribution in [0.25, 0.3) is 6.08 Å². The van der Waals surface area contributed by atoms with Crippen molar-refractivity contribution in [3.05, 3.63) is 71.4 Å². The van der Waals surface area contributed by atoms with Gasteiger partial charge in [-0.2, -0.15) is 0 Å². The monoisotopic (exact) mass is 348 g/mol. The molecule has 0 fully saturated rings. The molecule has 4 nitrogen and oxygen atoms in total. The van der Waals surface area contributed by atoms with Gasteiger partial charge in [0.1, 0.15) is 0 Å². The van der Waals surface area contributed by atoms with Crippen molar-refractivity contribution in [2.24, 2.45) is 0 Å². The largest absolute Gasteiger partial charge is 0.326 e. The SMILES string of the molecule is CC(=O)N1C=Cc2ccccc2[C@H]1CC(=O)Nc1ccccc1C(C)C. The average Bonchev–Trinajstić information content (AvgIpc) is 2.62. The second-order valence-electron chi connectivity index (χ2n) is 6.88. The maximum absolute atomic E-state index is 12.8. The number of nitrogens with one attached hydrogen (secondary N) is 1. The van der Waals surface area contributed by atoms with Gasteiger partial charge < -0.3 is 10.2 Å². The molecule has 0 bridgehead atoms. The van der Waals surface area contributed by atoms with E-state index in [1.165, 1.54) is 6.92 Å². The summed E-state index contributed by atoms with van der Waals surface area (Å²) in [5.74, 6) is 0.147. The highest BCUT2D eigenvalue weighted by molar-refractivity contribution is 5.93. The number of hydrogen-bond acceptors (Lipinski definition) is 2. The van der Waals surface area contributed by atoms with E-state index in [2.05, 4.69) is 19.2 Å². The van der Waals surface area contributed by atoms with Crippen LogP contribution in [0.2, 0.25) is 0 Å². The van der Waals surface area contributed by atoms with E-state index >= 15 is 0 Å². The number of rotatable bonds is 4. The summed E-state index contributed by atoms with van der Waals surface area (Å²) in [5.41, 5.74) is 3.98. The number of carbonyl (C=O) groups is 2. The number of benzene rings is 2. The molecule has 1 aliphatic heterocycles. The standard InChI is InChI=1S/C22H24N2O2/c1-15(2)18-9-6-7-11-20(18)23-22(26)14-21-19-10-5-4-8-17(19)12-13-24(21)16(3)25/h4-13,15,21H,14H2,1-3H3,(H,23,26)/t21-/m1/s1. The zero-order chi connectivity index (χ0) is 18.7. The van der Waals surface area contributed by atoms with Crippen LogP contribution in [-0.2, 0) is 9.59 Å². The van der Waals surface area contributed by atoms with Crippen molar-refractivity contribution in [1.82, 2.24) is 4.90 Å². The van der Waals surface area contributed by atoms with E-state index < -0.39 is 0 Å². The summed E-state index contributed by atoms with van der Waals surface area (Å²) < 4.78 is 0. The van der Waals surface area contributed by atoms with Gasteiger partial charge in [-0.3, -0.25) is 9.59 Å². The van der Waals surface area contributed by atoms with Crippen LogP contribution < -0.4 is 5.32 Å². The predicted octanol–water partition coefficient (Wildman–Crippen LogP) is 4.71. The molecule has 0 spiro atoms. The van der Waals surface area contributed by atoms with Crippen molar-refractivity contribution in [1.29, 1.82) is 0 Å². The van der Waals surface area contributed by atoms with Crippen molar-refractivity contribution >= 4 is 23.6 Å². The first-order valence-corrected chi connectivity index (χ1v) is 8.92. The highest BCUT2D eigenvalue weighted by atomic mass is 16.2. The molecule has 0 aliphatic carbocycles. The van der Waals surface area contributed by atoms with Gasteiger partial charge in [0, 0.05) is 18.8 Å². The fraction of sp³-hybridized carbons (Fsp3) is 0.273. The number of anilines is 1. The molecule has 1 heterocycles. The van der Waals surface area contributed by atoms with E-state index in [0.29, 0.717) is 5.92 Å². The molecule has 0 saturated heterocycles. The number of fused-ring (bicyclic) bond motifs is 1. The van der Waals surface area contributed by atoms with Crippen LogP contribution in [0.1, 0.15) is 55.8 Å². The zero-order valence-corrected chi connectivity index (χ0v) is 15.4. The van der Waals surface area contributed by atoms with Gasteiger partial charge in [-0.25, -0.2) is 0 Å². The molecule has 4 heteroatoms. The summed E-state index contributed by atoms with van der Waals surface area (Å²) in [6.07, 6.45) is 3.90. The van der Waals surface area contributed by atoms with Crippen molar-refractivity contribution in [2.75, 3.05) is 5.32 Å². The third-order valence-electron chi connectivity index (χ3n) is 4.70. The molecule has 2 amide bonds. The molecular formula is C22H24N2O2. The van der Waals surface area contributed by atoms with Crippen LogP contribution in [0, 0.1) is 0 Å². The van der Waals surface area contributed by atoms with Gasteiger partial charge in [-0.1, -0.05) is 56.3 Å². The minimum absolute atomic E-state index is 0.0730. The van der Waals surface area contributed by atoms with Gasteiger partial charge in [0.05, 0.1) is 12.5 Å². The Bertz CT molecular complexity index is 855. The van der Waals surface area contributed by atoms with E-state index in [9.17, 15) is 9.59 Å². The Labute approximate surface area is 154 Å². The minimum atomic E-state index is -0.292. The molecule has 1 aliphatic rings. The van der Waals surface area contributed by atoms with E-state index in [-0.39, 0.29) is 24.3 Å². The molecular weight excluding hydrogens is 324 g/mol. The Morgan fingerprint density at radius 1 is 1.08 bits per heavy atom. The Kier molecular flexibility index (Phi) is 5.21. The maximum Gasteiger partial charge on any atom is 0.226 e. The van der Waals surface area contributed by atoms with Crippen LogP contribution in [-0.4, -0.2) is 16.7 Å². The van der Waals surface area contributed by atoms with Crippen LogP contribution in [0.5, 0.6) is 0 Å². The number of para-hydroxylation sites is 1. The smallest absolute Gasteiger partial charge is 0.226 e. The van der Waals surface area contributed by atoms with Gasteiger partial charge in [0.15, 0.2) is 0 Å². The summed E-state index contributed by atoms with van der Waals surface area (Å²) >= 11 is 0. The average molecular weight is 348 g/mol. The Balaban J connectivity index is 1.83. The van der Waals surface area contributed by atoms with Crippen molar-refractivity contribution in [3.63, 3.8) is 0 Å². The number of hydrogen-bond donors (Lipinski definition) is 1. The summed E-state index contributed by atoms with van der Waals surface area (Å²) in [4.78, 5) is 26.4. The van der Waals surface area contributed by atoms with Crippen LogP contribution in [0.3, 0.4) is 0 Å². The van der Waals surface area contributed by atoms with Gasteiger partial charge in [-0.05, 0) is 34.8 Å². The molecule has 0 saturated carbocycles. The summed E-state index contributed by atoms with van der Waals surface area (Å²) in [6, 6.07) is 15.4. The Hall–Kier alpha value is -2.88. The molecule has 3 rings (SSSR count). The van der Waals surface area contributed by atoms with Crippen molar-refractivity contribution in [3.8, 4) is 0 Å². The molecule has 0 unspecified atom stereocenters. The third-order valence-corrected chi connectivity index (χ3v) is 4.70. The molecule has 134 valence electrons. The number of nitrogens with zero attached hydrogens (tertiary/aromatic N) is 1. The van der Waals surface area contributed by atoms with E-state index in [1.54, 1.807) is 11.1 Å². The molecule has 1 atom stereocenters. The number of amides is 2. The fourth-order valence-electron chi connectivity index (χ4n) is 3.40. The Morgan fingerprint density at radius 2 is 1.77 bits per heavy atom. The molecule has 2 aromatic carbocycles. The molecule has 0 radical (unpaired) electrons. The lowest BCUT2D eigenvalue weighted by Gasteiger charge is -2.32. The first kappa shape index (κ1) is 17.9. The first-order valence-electron chi connectivity index (χ1n) is 8.92. The van der Waals surface area contributed by atoms with Gasteiger partial charge in [0.25, 0.3) is 0 Å². The summed E-state index contributed by atoms with van der Waals surface area (Å²) in [6.45, 7) is 5.73. The van der Waals surface area contributed by atoms with Crippen molar-refractivity contribution < 1.29 is 9.59 Å². The fourth-order valence-corrected chi connectivity index (χ4v) is 3.40. The van der Waals surface area contributed by atoms with E-state index in [1.807, 2.05) is 54.6 Å². The predicted molar refractivity (Wildman–Crippen MR) is 105 cm³/mol. The molecule has 0 aromatic heterocycles. The lowest BCUT2D eigenvalue weighted by atomic mass is 9.93.